The van der Waals surface area contributed by atoms with E-state index in [-0.39, 0.29) is 23.3 Å². The third kappa shape index (κ3) is 5.31. The van der Waals surface area contributed by atoms with Gasteiger partial charge in [0.1, 0.15) is 23.7 Å². The molecular formula is C26H27N5O3. The molecule has 1 saturated carbocycles. The van der Waals surface area contributed by atoms with Crippen LogP contribution in [0.2, 0.25) is 0 Å². The van der Waals surface area contributed by atoms with Gasteiger partial charge in [0.15, 0.2) is 5.69 Å². The first-order valence-corrected chi connectivity index (χ1v) is 11.6. The number of ether oxygens (including phenoxy) is 2. The number of hydrogen-bond acceptors (Lipinski definition) is 6. The summed E-state index contributed by atoms with van der Waals surface area (Å²) in [6.07, 6.45) is 5.10. The van der Waals surface area contributed by atoms with Crippen LogP contribution in [0.4, 0.5) is 5.69 Å². The number of carbonyl (C=O) groups is 1. The lowest BCUT2D eigenvalue weighted by Gasteiger charge is -2.19. The van der Waals surface area contributed by atoms with E-state index in [1.165, 1.54) is 24.7 Å². The maximum absolute atomic E-state index is 12.2. The van der Waals surface area contributed by atoms with Crippen LogP contribution in [0.3, 0.4) is 0 Å². The van der Waals surface area contributed by atoms with Crippen LogP contribution >= 0.6 is 0 Å². The van der Waals surface area contributed by atoms with E-state index in [9.17, 15) is 4.79 Å². The van der Waals surface area contributed by atoms with Crippen molar-refractivity contribution in [1.82, 2.24) is 15.5 Å². The third-order valence-corrected chi connectivity index (χ3v) is 6.20. The van der Waals surface area contributed by atoms with Crippen molar-refractivity contribution in [2.45, 2.75) is 31.9 Å². The van der Waals surface area contributed by atoms with E-state index in [0.717, 1.165) is 49.1 Å². The summed E-state index contributed by atoms with van der Waals surface area (Å²) < 4.78 is 12.0. The lowest BCUT2D eigenvalue weighted by Crippen LogP contribution is -2.24. The van der Waals surface area contributed by atoms with E-state index in [1.54, 1.807) is 0 Å². The number of aromatic nitrogens is 2. The van der Waals surface area contributed by atoms with Gasteiger partial charge in [-0.1, -0.05) is 12.1 Å². The largest absolute Gasteiger partial charge is 0.493 e. The monoisotopic (exact) mass is 457 g/mol. The molecule has 2 aliphatic rings. The van der Waals surface area contributed by atoms with Gasteiger partial charge in [-0.15, -0.1) is 0 Å². The summed E-state index contributed by atoms with van der Waals surface area (Å²) in [5.74, 6) is 2.17. The first-order chi connectivity index (χ1) is 16.7. The molecule has 1 aliphatic heterocycles. The Hall–Kier alpha value is -3.99. The number of nitrogens with zero attached hydrogens (tertiary/aromatic N) is 3. The van der Waals surface area contributed by atoms with E-state index in [4.69, 9.17) is 14.7 Å². The number of nitrogens with one attached hydrogen (secondary N) is 2. The highest BCUT2D eigenvalue weighted by Gasteiger charge is 2.25. The number of carbonyl (C=O) groups excluding carboxylic acids is 1. The molecule has 5 rings (SSSR count). The summed E-state index contributed by atoms with van der Waals surface area (Å²) in [7, 11) is 0. The third-order valence-electron chi connectivity index (χ3n) is 6.20. The predicted molar refractivity (Wildman–Crippen MR) is 127 cm³/mol. The van der Waals surface area contributed by atoms with Crippen molar-refractivity contribution in [1.29, 1.82) is 5.26 Å². The van der Waals surface area contributed by atoms with Crippen LogP contribution < -0.4 is 19.7 Å². The standard InChI is InChI=1S/C26H27N5O3/c27-13-25-24(15-29-30-25)26(32)28-14-18-3-7-22(8-4-18)34-23-11-12-31(16-23)20-5-9-21(10-6-20)33-17-19-1-2-19/h3-10,15,19,23H,1-2,11-12,14,16-17H2,(H,28,32)(H,29,30)/t23-/m1/s1. The van der Waals surface area contributed by atoms with Crippen molar-refractivity contribution in [3.8, 4) is 17.6 Å². The summed E-state index contributed by atoms with van der Waals surface area (Å²) in [5.41, 5.74) is 2.46. The van der Waals surface area contributed by atoms with Gasteiger partial charge < -0.3 is 19.7 Å². The molecular weight excluding hydrogens is 430 g/mol. The Labute approximate surface area is 198 Å². The van der Waals surface area contributed by atoms with Gasteiger partial charge in [0, 0.05) is 31.4 Å². The molecule has 34 heavy (non-hydrogen) atoms. The number of aromatic amines is 1. The van der Waals surface area contributed by atoms with Gasteiger partial charge in [-0.2, -0.15) is 10.4 Å². The molecule has 1 saturated heterocycles. The van der Waals surface area contributed by atoms with Crippen molar-refractivity contribution >= 4 is 11.6 Å². The maximum atomic E-state index is 12.2. The van der Waals surface area contributed by atoms with Gasteiger partial charge in [-0.25, -0.2) is 0 Å². The molecule has 0 unspecified atom stereocenters. The molecule has 2 N–H and O–H groups in total. The second-order valence-electron chi connectivity index (χ2n) is 8.81. The zero-order chi connectivity index (χ0) is 23.3. The number of nitriles is 1. The number of rotatable bonds is 9. The number of anilines is 1. The summed E-state index contributed by atoms with van der Waals surface area (Å²) in [6, 6.07) is 18.0. The smallest absolute Gasteiger partial charge is 0.256 e. The summed E-state index contributed by atoms with van der Waals surface area (Å²) in [4.78, 5) is 14.6. The fourth-order valence-electron chi connectivity index (χ4n) is 4.01. The molecule has 0 bridgehead atoms. The fourth-order valence-corrected chi connectivity index (χ4v) is 4.01. The molecule has 2 aromatic carbocycles. The molecule has 8 heteroatoms. The van der Waals surface area contributed by atoms with Gasteiger partial charge in [-0.05, 0) is 60.7 Å². The van der Waals surface area contributed by atoms with Gasteiger partial charge in [0.2, 0.25) is 0 Å². The molecule has 1 aliphatic carbocycles. The molecule has 8 nitrogen and oxygen atoms in total. The number of hydrogen-bond donors (Lipinski definition) is 2. The van der Waals surface area contributed by atoms with Crippen molar-refractivity contribution in [2.75, 3.05) is 24.6 Å². The molecule has 0 radical (unpaired) electrons. The van der Waals surface area contributed by atoms with Gasteiger partial charge in [-0.3, -0.25) is 9.89 Å². The first-order valence-electron chi connectivity index (χ1n) is 11.6. The van der Waals surface area contributed by atoms with E-state index in [1.807, 2.05) is 30.3 Å². The number of amides is 1. The zero-order valence-electron chi connectivity index (χ0n) is 18.9. The Bertz CT molecular complexity index is 1160. The summed E-state index contributed by atoms with van der Waals surface area (Å²) in [6.45, 7) is 2.98. The van der Waals surface area contributed by atoms with Crippen molar-refractivity contribution in [3.05, 3.63) is 71.5 Å². The lowest BCUT2D eigenvalue weighted by atomic mass is 10.2. The quantitative estimate of drug-likeness (QED) is 0.508. The molecule has 1 amide bonds. The van der Waals surface area contributed by atoms with Crippen molar-refractivity contribution in [3.63, 3.8) is 0 Å². The van der Waals surface area contributed by atoms with Crippen LogP contribution in [0.25, 0.3) is 0 Å². The molecule has 2 heterocycles. The van der Waals surface area contributed by atoms with Crippen LogP contribution in [0, 0.1) is 17.2 Å². The van der Waals surface area contributed by atoms with Crippen molar-refractivity contribution in [2.24, 2.45) is 5.92 Å². The fraction of sp³-hybridized carbons (Fsp3) is 0.346. The lowest BCUT2D eigenvalue weighted by molar-refractivity contribution is 0.0950. The second kappa shape index (κ2) is 9.87. The van der Waals surface area contributed by atoms with E-state index >= 15 is 0 Å². The minimum atomic E-state index is -0.334. The molecule has 0 spiro atoms. The van der Waals surface area contributed by atoms with Gasteiger partial charge >= 0.3 is 0 Å². The van der Waals surface area contributed by atoms with Crippen molar-refractivity contribution < 1.29 is 14.3 Å². The summed E-state index contributed by atoms with van der Waals surface area (Å²) in [5, 5.41) is 18.1. The number of benzene rings is 2. The van der Waals surface area contributed by atoms with E-state index in [2.05, 4.69) is 44.7 Å². The topological polar surface area (TPSA) is 103 Å². The van der Waals surface area contributed by atoms with Crippen LogP contribution in [-0.4, -0.2) is 41.9 Å². The molecule has 2 fully saturated rings. The normalized spacial score (nSPS) is 17.3. The highest BCUT2D eigenvalue weighted by molar-refractivity contribution is 5.95. The summed E-state index contributed by atoms with van der Waals surface area (Å²) >= 11 is 0. The highest BCUT2D eigenvalue weighted by atomic mass is 16.5. The van der Waals surface area contributed by atoms with Crippen LogP contribution in [0.15, 0.2) is 54.7 Å². The van der Waals surface area contributed by atoms with Crippen LogP contribution in [-0.2, 0) is 6.54 Å². The first kappa shape index (κ1) is 21.8. The molecule has 174 valence electrons. The Kier molecular flexibility index (Phi) is 6.34. The minimum Gasteiger partial charge on any atom is -0.493 e. The Morgan fingerprint density at radius 2 is 1.88 bits per heavy atom. The van der Waals surface area contributed by atoms with Gasteiger partial charge in [0.25, 0.3) is 5.91 Å². The van der Waals surface area contributed by atoms with Gasteiger partial charge in [0.05, 0.1) is 18.7 Å². The number of H-pyrrole nitrogens is 1. The predicted octanol–water partition coefficient (Wildman–Crippen LogP) is 3.66. The highest BCUT2D eigenvalue weighted by Crippen LogP contribution is 2.30. The minimum absolute atomic E-state index is 0.0877. The molecule has 3 aromatic rings. The maximum Gasteiger partial charge on any atom is 0.256 e. The average Bonchev–Trinajstić information content (AvgIpc) is 3.37. The van der Waals surface area contributed by atoms with E-state index < -0.39 is 0 Å². The SMILES string of the molecule is N#Cc1n[nH]cc1C(=O)NCc1ccc(O[C@@H]2CCN(c3ccc(OCC4CC4)cc3)C2)cc1. The zero-order valence-corrected chi connectivity index (χ0v) is 18.9. The van der Waals surface area contributed by atoms with Crippen LogP contribution in [0.5, 0.6) is 11.5 Å². The Balaban J connectivity index is 1.08. The van der Waals surface area contributed by atoms with Crippen LogP contribution in [0.1, 0.15) is 40.9 Å². The average molecular weight is 458 g/mol. The molecule has 1 aromatic heterocycles. The molecule has 1 atom stereocenters. The Morgan fingerprint density at radius 3 is 2.62 bits per heavy atom. The second-order valence-corrected chi connectivity index (χ2v) is 8.81. The Morgan fingerprint density at radius 1 is 1.12 bits per heavy atom. The van der Waals surface area contributed by atoms with E-state index in [0.29, 0.717) is 6.54 Å².